The second-order valence-electron chi connectivity index (χ2n) is 5.96. The van der Waals surface area contributed by atoms with Crippen LogP contribution in [0.1, 0.15) is 11.1 Å². The van der Waals surface area contributed by atoms with Crippen LogP contribution >= 0.6 is 0 Å². The fourth-order valence-electron chi connectivity index (χ4n) is 2.59. The monoisotopic (exact) mass is 375 g/mol. The third kappa shape index (κ3) is 3.21. The summed E-state index contributed by atoms with van der Waals surface area (Å²) in [5.41, 5.74) is -4.48. The van der Waals surface area contributed by atoms with Crippen molar-refractivity contribution in [1.82, 2.24) is 0 Å². The normalized spacial score (nSPS) is 14.7. The van der Waals surface area contributed by atoms with Crippen LogP contribution in [0.15, 0.2) is 48.5 Å². The number of benzene rings is 2. The van der Waals surface area contributed by atoms with Crippen LogP contribution in [0.3, 0.4) is 0 Å². The molecule has 0 aliphatic heterocycles. The van der Waals surface area contributed by atoms with E-state index < -0.39 is 28.8 Å². The van der Waals surface area contributed by atoms with Gasteiger partial charge < -0.3 is 14.7 Å². The Kier molecular flexibility index (Phi) is 5.19. The fourth-order valence-corrected chi connectivity index (χ4v) is 2.59. The summed E-state index contributed by atoms with van der Waals surface area (Å²) >= 11 is 0. The molecule has 0 aliphatic carbocycles. The number of halogens is 5. The van der Waals surface area contributed by atoms with Crippen LogP contribution < -0.4 is 9.64 Å². The summed E-state index contributed by atoms with van der Waals surface area (Å²) in [5, 5.41) is 10.8. The highest BCUT2D eigenvalue weighted by atomic mass is 19.4. The van der Waals surface area contributed by atoms with Gasteiger partial charge in [-0.3, -0.25) is 0 Å². The lowest BCUT2D eigenvalue weighted by molar-refractivity contribution is -0.336. The molecule has 1 unspecified atom stereocenters. The Labute approximate surface area is 147 Å². The highest BCUT2D eigenvalue weighted by molar-refractivity contribution is 5.52. The molecule has 0 spiro atoms. The van der Waals surface area contributed by atoms with Crippen molar-refractivity contribution >= 4 is 5.69 Å². The second kappa shape index (κ2) is 6.75. The summed E-state index contributed by atoms with van der Waals surface area (Å²) in [4.78, 5) is 1.53. The topological polar surface area (TPSA) is 32.7 Å². The van der Waals surface area contributed by atoms with Crippen LogP contribution in [0.25, 0.3) is 0 Å². The summed E-state index contributed by atoms with van der Waals surface area (Å²) in [6.45, 7) is 0. The summed E-state index contributed by atoms with van der Waals surface area (Å²) in [6, 6.07) is 9.55. The van der Waals surface area contributed by atoms with Gasteiger partial charge in [-0.2, -0.15) is 22.0 Å². The Bertz CT molecular complexity index is 776. The molecule has 0 aliphatic rings. The van der Waals surface area contributed by atoms with Crippen molar-refractivity contribution in [2.45, 2.75) is 17.7 Å². The maximum atomic E-state index is 14.5. The number of hydrogen-bond donors (Lipinski definition) is 1. The van der Waals surface area contributed by atoms with Gasteiger partial charge in [-0.05, 0) is 35.4 Å². The number of ether oxygens (including phenoxy) is 1. The average Bonchev–Trinajstić information content (AvgIpc) is 2.60. The van der Waals surface area contributed by atoms with E-state index in [1.807, 2.05) is 0 Å². The Morgan fingerprint density at radius 2 is 1.42 bits per heavy atom. The molecular weight excluding hydrogens is 357 g/mol. The lowest BCUT2D eigenvalue weighted by Crippen LogP contribution is -2.55. The molecule has 8 heteroatoms. The fraction of sp³-hybridized carbons (Fsp3) is 0.333. The van der Waals surface area contributed by atoms with Gasteiger partial charge in [-0.15, -0.1) is 0 Å². The van der Waals surface area contributed by atoms with Crippen LogP contribution in [0.4, 0.5) is 27.6 Å². The highest BCUT2D eigenvalue weighted by Gasteiger charge is 2.71. The van der Waals surface area contributed by atoms with Crippen molar-refractivity contribution in [2.24, 2.45) is 0 Å². The Morgan fingerprint density at radius 3 is 1.92 bits per heavy atom. The molecule has 3 nitrogen and oxygen atoms in total. The molecule has 2 aromatic rings. The van der Waals surface area contributed by atoms with Gasteiger partial charge in [0, 0.05) is 19.8 Å². The third-order valence-electron chi connectivity index (χ3n) is 4.08. The minimum atomic E-state index is -5.97. The van der Waals surface area contributed by atoms with E-state index in [0.29, 0.717) is 5.69 Å². The van der Waals surface area contributed by atoms with Crippen molar-refractivity contribution in [3.8, 4) is 5.75 Å². The van der Waals surface area contributed by atoms with Gasteiger partial charge in [0.2, 0.25) is 0 Å². The van der Waals surface area contributed by atoms with Gasteiger partial charge in [0.15, 0.2) is 5.60 Å². The van der Waals surface area contributed by atoms with E-state index >= 15 is 0 Å². The molecule has 2 rings (SSSR count). The molecule has 1 atom stereocenters. The molecule has 0 fully saturated rings. The first-order chi connectivity index (χ1) is 11.9. The van der Waals surface area contributed by atoms with Crippen molar-refractivity contribution in [3.05, 3.63) is 59.7 Å². The summed E-state index contributed by atoms with van der Waals surface area (Å²) in [5.74, 6) is -5.40. The van der Waals surface area contributed by atoms with Crippen molar-refractivity contribution in [1.29, 1.82) is 0 Å². The lowest BCUT2D eigenvalue weighted by atomic mass is 9.80. The quantitative estimate of drug-likeness (QED) is 0.796. The number of alkyl halides is 5. The highest BCUT2D eigenvalue weighted by Crippen LogP contribution is 2.52. The van der Waals surface area contributed by atoms with Crippen LogP contribution in [0.2, 0.25) is 0 Å². The van der Waals surface area contributed by atoms with Gasteiger partial charge >= 0.3 is 12.1 Å². The molecule has 0 saturated carbocycles. The SMILES string of the molecule is COc1cccc(C(O)(c2cccc(N(C)C)c2)C(F)(F)C(F)(F)F)c1. The summed E-state index contributed by atoms with van der Waals surface area (Å²) in [7, 11) is 4.45. The number of nitrogens with zero attached hydrogens (tertiary/aromatic N) is 1. The lowest BCUT2D eigenvalue weighted by Gasteiger charge is -2.38. The van der Waals surface area contributed by atoms with Crippen molar-refractivity contribution < 1.29 is 31.8 Å². The standard InChI is InChI=1S/C18H18F5NO2/c1-24(2)14-8-4-6-12(10-14)16(25,17(19,20)18(21,22)23)13-7-5-9-15(11-13)26-3/h4-11,25H,1-3H3. The number of anilines is 1. The maximum Gasteiger partial charge on any atom is 0.457 e. The van der Waals surface area contributed by atoms with E-state index in [2.05, 4.69) is 0 Å². The average molecular weight is 375 g/mol. The van der Waals surface area contributed by atoms with Crippen LogP contribution in [0.5, 0.6) is 5.75 Å². The molecule has 0 amide bonds. The van der Waals surface area contributed by atoms with E-state index in [1.165, 1.54) is 36.3 Å². The van der Waals surface area contributed by atoms with Crippen LogP contribution in [0, 0.1) is 0 Å². The molecular formula is C18H18F5NO2. The molecule has 0 bridgehead atoms. The molecule has 0 saturated heterocycles. The molecule has 0 radical (unpaired) electrons. The van der Waals surface area contributed by atoms with E-state index in [4.69, 9.17) is 4.74 Å². The number of aliphatic hydroxyl groups is 1. The zero-order valence-electron chi connectivity index (χ0n) is 14.3. The van der Waals surface area contributed by atoms with Crippen molar-refractivity contribution in [2.75, 3.05) is 26.1 Å². The zero-order chi connectivity index (χ0) is 19.8. The van der Waals surface area contributed by atoms with Gasteiger partial charge in [-0.25, -0.2) is 0 Å². The largest absolute Gasteiger partial charge is 0.497 e. The Morgan fingerprint density at radius 1 is 0.885 bits per heavy atom. The predicted molar refractivity (Wildman–Crippen MR) is 87.8 cm³/mol. The smallest absolute Gasteiger partial charge is 0.457 e. The summed E-state index contributed by atoms with van der Waals surface area (Å²) < 4.78 is 73.4. The zero-order valence-corrected chi connectivity index (χ0v) is 14.3. The molecule has 142 valence electrons. The first-order valence-electron chi connectivity index (χ1n) is 7.54. The predicted octanol–water partition coefficient (Wildman–Crippen LogP) is 4.19. The number of methoxy groups -OCH3 is 1. The maximum absolute atomic E-state index is 14.5. The number of hydrogen-bond acceptors (Lipinski definition) is 3. The van der Waals surface area contributed by atoms with E-state index in [9.17, 15) is 27.1 Å². The Balaban J connectivity index is 2.80. The summed E-state index contributed by atoms with van der Waals surface area (Å²) in [6.07, 6.45) is -5.97. The number of rotatable bonds is 5. The molecule has 0 aromatic heterocycles. The molecule has 2 aromatic carbocycles. The third-order valence-corrected chi connectivity index (χ3v) is 4.08. The van der Waals surface area contributed by atoms with Gasteiger partial charge in [0.1, 0.15) is 5.75 Å². The van der Waals surface area contributed by atoms with Gasteiger partial charge in [0.25, 0.3) is 0 Å². The second-order valence-corrected chi connectivity index (χ2v) is 5.96. The van der Waals surface area contributed by atoms with Gasteiger partial charge in [0.05, 0.1) is 7.11 Å². The molecule has 0 heterocycles. The first kappa shape index (κ1) is 20.0. The van der Waals surface area contributed by atoms with Gasteiger partial charge in [-0.1, -0.05) is 24.3 Å². The minimum absolute atomic E-state index is 0.0441. The van der Waals surface area contributed by atoms with E-state index in [0.717, 1.165) is 24.3 Å². The van der Waals surface area contributed by atoms with Crippen molar-refractivity contribution in [3.63, 3.8) is 0 Å². The van der Waals surface area contributed by atoms with E-state index in [1.54, 1.807) is 14.1 Å². The van der Waals surface area contributed by atoms with Crippen LogP contribution in [-0.4, -0.2) is 38.4 Å². The first-order valence-corrected chi connectivity index (χ1v) is 7.54. The molecule has 1 N–H and O–H groups in total. The van der Waals surface area contributed by atoms with E-state index in [-0.39, 0.29) is 5.75 Å². The minimum Gasteiger partial charge on any atom is -0.497 e. The molecule has 26 heavy (non-hydrogen) atoms. The van der Waals surface area contributed by atoms with Crippen LogP contribution in [-0.2, 0) is 5.60 Å². The Hall–Kier alpha value is -2.35.